The fourth-order valence-corrected chi connectivity index (χ4v) is 10.9. The van der Waals surface area contributed by atoms with Gasteiger partial charge in [0.1, 0.15) is 53.3 Å². The number of anilines is 1. The zero-order chi connectivity index (χ0) is 42.3. The maximum Gasteiger partial charge on any atom is 0.472 e. The van der Waals surface area contributed by atoms with Crippen LogP contribution in [0.3, 0.4) is 0 Å². The van der Waals surface area contributed by atoms with E-state index in [4.69, 9.17) is 42.8 Å². The maximum absolute atomic E-state index is 16.7. The lowest BCUT2D eigenvalue weighted by Crippen LogP contribution is -2.37. The third-order valence-electron chi connectivity index (χ3n) is 9.47. The Morgan fingerprint density at radius 2 is 1.70 bits per heavy atom. The van der Waals surface area contributed by atoms with Gasteiger partial charge >= 0.3 is 26.3 Å². The number of H-pyrrole nitrogens is 1. The zero-order valence-corrected chi connectivity index (χ0v) is 33.4. The highest BCUT2D eigenvalue weighted by Gasteiger charge is 2.55. The molecule has 21 nitrogen and oxygen atoms in total. The lowest BCUT2D eigenvalue weighted by atomic mass is 10.1. The lowest BCUT2D eigenvalue weighted by Gasteiger charge is -2.27. The van der Waals surface area contributed by atoms with Crippen molar-refractivity contribution in [3.05, 3.63) is 105 Å². The van der Waals surface area contributed by atoms with Gasteiger partial charge in [-0.05, 0) is 41.2 Å². The van der Waals surface area contributed by atoms with Crippen LogP contribution in [0.1, 0.15) is 28.4 Å². The first-order valence-corrected chi connectivity index (χ1v) is 22.4. The van der Waals surface area contributed by atoms with Gasteiger partial charge in [-0.1, -0.05) is 24.3 Å². The molecule has 3 aromatic heterocycles. The molecule has 0 saturated carbocycles. The highest BCUT2D eigenvalue weighted by molar-refractivity contribution is 8.54. The van der Waals surface area contributed by atoms with E-state index in [1.54, 1.807) is 30.3 Å². The minimum atomic E-state index is -5.31. The molecule has 318 valence electrons. The Morgan fingerprint density at radius 3 is 2.47 bits per heavy atom. The van der Waals surface area contributed by atoms with Gasteiger partial charge in [0.2, 0.25) is 0 Å². The quantitative estimate of drug-likeness (QED) is 0.114. The second-order valence-corrected chi connectivity index (χ2v) is 18.7. The molecule has 2 aromatic carbocycles. The average Bonchev–Trinajstić information content (AvgIpc) is 3.89. The number of carbonyl (C=O) groups excluding carboxylic acids is 1. The Balaban J connectivity index is 1.08. The molecule has 2 bridgehead atoms. The topological polar surface area (TPSA) is 270 Å². The molecule has 26 heteroatoms. The number of aromatic amines is 1. The number of aromatic nitrogens is 6. The SMILES string of the molecule is COc1ccccc1C(=O)Oc1ccc(CSP2(=O)OCC3O[C@@H](n4ccc(=O)[nH]c4=O)[C@H](OP(=O)(O)OC[C@H]4O[C@@H](n5cnc6c(N)ncnc65)[C@H](F)[C@@H]4O2)[C@@H]3F)cc1. The zero-order valence-electron chi connectivity index (χ0n) is 30.8. The molecule has 6 heterocycles. The number of nitrogens with two attached hydrogens (primary N) is 1. The number of rotatable bonds is 8. The number of phosphoric acid groups is 1. The Bertz CT molecular complexity index is 2620. The minimum absolute atomic E-state index is 0.0185. The van der Waals surface area contributed by atoms with Gasteiger partial charge in [-0.25, -0.2) is 42.5 Å². The number of nitrogen functional groups attached to an aromatic ring is 1. The van der Waals surface area contributed by atoms with Crippen LogP contribution in [-0.2, 0) is 42.5 Å². The third kappa shape index (κ3) is 8.53. The summed E-state index contributed by atoms with van der Waals surface area (Å²) in [6.45, 7) is -6.49. The van der Waals surface area contributed by atoms with E-state index in [1.807, 2.05) is 4.98 Å². The van der Waals surface area contributed by atoms with Crippen LogP contribution in [0.15, 0.2) is 83.0 Å². The van der Waals surface area contributed by atoms with Crippen molar-refractivity contribution >= 4 is 49.0 Å². The molecule has 0 amide bonds. The van der Waals surface area contributed by atoms with Crippen LogP contribution in [0.4, 0.5) is 14.6 Å². The first kappa shape index (κ1) is 41.8. The van der Waals surface area contributed by atoms with Gasteiger partial charge in [-0.15, -0.1) is 0 Å². The maximum atomic E-state index is 16.7. The Hall–Kier alpha value is -4.87. The molecule has 0 aliphatic carbocycles. The predicted octanol–water partition coefficient (Wildman–Crippen LogP) is 3.62. The molecule has 3 aliphatic heterocycles. The van der Waals surface area contributed by atoms with Gasteiger partial charge < -0.3 is 29.6 Å². The number of methoxy groups -OCH3 is 1. The second kappa shape index (κ2) is 16.9. The van der Waals surface area contributed by atoms with Crippen LogP contribution >= 0.6 is 26.0 Å². The van der Waals surface area contributed by atoms with Crippen LogP contribution in [0.2, 0.25) is 0 Å². The van der Waals surface area contributed by atoms with Gasteiger partial charge in [-0.2, -0.15) is 0 Å². The van der Waals surface area contributed by atoms with Crippen molar-refractivity contribution in [1.29, 1.82) is 0 Å². The van der Waals surface area contributed by atoms with Gasteiger partial charge in [0.05, 0.1) is 26.7 Å². The number of imidazole rings is 1. The van der Waals surface area contributed by atoms with Crippen molar-refractivity contribution in [2.45, 2.75) is 55.0 Å². The first-order chi connectivity index (χ1) is 28.7. The highest BCUT2D eigenvalue weighted by Crippen LogP contribution is 2.65. The standard InChI is InChI=1S/C34H33F2N7O14P2S/c1-50-20-5-3-2-4-19(20)33(45)53-18-8-6-17(7-9-18)14-60-59(49)52-12-21-24(35)28(32(54-21)42-11-10-23(44)41-34(42)46)56-58(47,48)51-13-22-27(57-59)25(36)31(55-22)43-16-40-26-29(37)38-15-39-30(26)43/h2-11,15-16,21-22,24-25,27-28,31-32H,12-14H2,1H3,(H,47,48)(H2,37,38,39)(H,41,44,46)/t21?,22-,24-,25-,27-,28-,31-,32-,59?/m1/s1. The molecule has 3 saturated heterocycles. The molecule has 0 spiro atoms. The Morgan fingerprint density at radius 1 is 0.950 bits per heavy atom. The summed E-state index contributed by atoms with van der Waals surface area (Å²) in [5.41, 5.74) is 4.89. The Kier molecular flexibility index (Phi) is 11.8. The number of nitrogens with one attached hydrogen (secondary N) is 1. The third-order valence-corrected chi connectivity index (χ3v) is 14.1. The number of esters is 1. The normalized spacial score (nSPS) is 30.8. The summed E-state index contributed by atoms with van der Waals surface area (Å²) < 4.78 is 107. The van der Waals surface area contributed by atoms with Gasteiger partial charge in [0, 0.05) is 18.0 Å². The number of halogens is 2. The van der Waals surface area contributed by atoms with Crippen molar-refractivity contribution in [1.82, 2.24) is 29.1 Å². The van der Waals surface area contributed by atoms with Gasteiger partial charge in [0.15, 0.2) is 36.3 Å². The number of fused-ring (bicyclic) bond motifs is 4. The fourth-order valence-electron chi connectivity index (χ4n) is 6.57. The van der Waals surface area contributed by atoms with E-state index in [-0.39, 0.29) is 34.0 Å². The molecule has 8 rings (SSSR count). The molecular weight excluding hydrogens is 862 g/mol. The van der Waals surface area contributed by atoms with Crippen molar-refractivity contribution in [2.24, 2.45) is 0 Å². The molecule has 4 N–H and O–H groups in total. The number of ether oxygens (including phenoxy) is 4. The summed E-state index contributed by atoms with van der Waals surface area (Å²) in [7, 11) is -3.89. The van der Waals surface area contributed by atoms with Crippen LogP contribution in [0, 0.1) is 0 Å². The molecule has 0 radical (unpaired) electrons. The molecule has 5 aromatic rings. The summed E-state index contributed by atoms with van der Waals surface area (Å²) in [6, 6.07) is 13.5. The van der Waals surface area contributed by atoms with E-state index in [9.17, 15) is 28.4 Å². The van der Waals surface area contributed by atoms with Crippen LogP contribution in [-0.4, -0.2) is 97.0 Å². The van der Waals surface area contributed by atoms with E-state index in [2.05, 4.69) is 15.0 Å². The summed E-state index contributed by atoms with van der Waals surface area (Å²) in [5.74, 6) is -0.357. The van der Waals surface area contributed by atoms with E-state index >= 15 is 8.78 Å². The summed E-state index contributed by atoms with van der Waals surface area (Å²) in [6.07, 6.45) is -11.9. The highest BCUT2D eigenvalue weighted by atomic mass is 32.7. The number of hydrogen-bond acceptors (Lipinski definition) is 18. The van der Waals surface area contributed by atoms with Crippen LogP contribution < -0.4 is 26.5 Å². The smallest absolute Gasteiger partial charge is 0.472 e. The number of carbonyl (C=O) groups is 1. The second-order valence-electron chi connectivity index (χ2n) is 13.3. The predicted molar refractivity (Wildman–Crippen MR) is 203 cm³/mol. The summed E-state index contributed by atoms with van der Waals surface area (Å²) in [5, 5.41) is 0. The van der Waals surface area contributed by atoms with Crippen molar-refractivity contribution in [3.8, 4) is 11.5 Å². The molecule has 60 heavy (non-hydrogen) atoms. The van der Waals surface area contributed by atoms with Crippen LogP contribution in [0.25, 0.3) is 11.2 Å². The number of phosphoric ester groups is 1. The fraction of sp³-hybridized carbons (Fsp3) is 0.353. The number of benzene rings is 2. The Labute approximate surface area is 339 Å². The van der Waals surface area contributed by atoms with Gasteiger partial charge in [-0.3, -0.25) is 37.0 Å². The molecule has 3 fully saturated rings. The van der Waals surface area contributed by atoms with Crippen molar-refractivity contribution in [2.75, 3.05) is 26.1 Å². The molecule has 10 atom stereocenters. The number of alkyl halides is 2. The van der Waals surface area contributed by atoms with Gasteiger partial charge in [0.25, 0.3) is 5.56 Å². The van der Waals surface area contributed by atoms with E-state index in [1.165, 1.54) is 36.2 Å². The number of hydrogen-bond donors (Lipinski definition) is 3. The lowest BCUT2D eigenvalue weighted by molar-refractivity contribution is -0.0652. The van der Waals surface area contributed by atoms with E-state index in [0.717, 1.165) is 18.6 Å². The van der Waals surface area contributed by atoms with E-state index < -0.39 is 94.3 Å². The van der Waals surface area contributed by atoms with Crippen LogP contribution in [0.5, 0.6) is 11.5 Å². The number of nitrogens with zero attached hydrogens (tertiary/aromatic N) is 5. The summed E-state index contributed by atoms with van der Waals surface area (Å²) in [4.78, 5) is 62.2. The molecule has 3 unspecified atom stereocenters. The average molecular weight is 896 g/mol. The molecular formula is C34H33F2N7O14P2S. The van der Waals surface area contributed by atoms with Crippen molar-refractivity contribution in [3.63, 3.8) is 0 Å². The first-order valence-electron chi connectivity index (χ1n) is 17.7. The molecule has 3 aliphatic rings. The summed E-state index contributed by atoms with van der Waals surface area (Å²) >= 11 is 0.572. The minimum Gasteiger partial charge on any atom is -0.496 e. The van der Waals surface area contributed by atoms with E-state index in [0.29, 0.717) is 27.3 Å². The monoisotopic (exact) mass is 895 g/mol. The largest absolute Gasteiger partial charge is 0.496 e. The number of para-hydroxylation sites is 1. The van der Waals surface area contributed by atoms with Crippen molar-refractivity contribution < 1.29 is 64.6 Å².